The maximum atomic E-state index is 13.2. The molecule has 1 fully saturated rings. The Morgan fingerprint density at radius 2 is 2.04 bits per heavy atom. The van der Waals surface area contributed by atoms with Crippen LogP contribution in [0.5, 0.6) is 0 Å². The molecule has 0 radical (unpaired) electrons. The van der Waals surface area contributed by atoms with Gasteiger partial charge in [-0.25, -0.2) is 13.8 Å². The summed E-state index contributed by atoms with van der Waals surface area (Å²) in [5, 5.41) is 4.48. The summed E-state index contributed by atoms with van der Waals surface area (Å²) in [7, 11) is 0. The number of hydrogen-bond acceptors (Lipinski definition) is 5. The molecule has 146 valence electrons. The summed E-state index contributed by atoms with van der Waals surface area (Å²) in [5.41, 5.74) is -0.474. The molecular weight excluding hydrogens is 385 g/mol. The molecule has 1 aliphatic rings. The van der Waals surface area contributed by atoms with Crippen molar-refractivity contribution < 1.29 is 13.9 Å². The Morgan fingerprint density at radius 1 is 1.25 bits per heavy atom. The van der Waals surface area contributed by atoms with Crippen molar-refractivity contribution in [2.75, 3.05) is 13.2 Å². The van der Waals surface area contributed by atoms with Crippen LogP contribution in [-0.4, -0.2) is 34.3 Å². The van der Waals surface area contributed by atoms with Gasteiger partial charge in [-0.2, -0.15) is 0 Å². The van der Waals surface area contributed by atoms with Gasteiger partial charge in [-0.15, -0.1) is 11.3 Å². The fraction of sp³-hybridized carbons (Fsp3) is 0.316. The highest BCUT2D eigenvalue weighted by Gasteiger charge is 2.19. The van der Waals surface area contributed by atoms with Gasteiger partial charge in [0.2, 0.25) is 5.91 Å². The molecule has 3 heterocycles. The number of fused-ring (bicyclic) bond motifs is 1. The molecule has 0 saturated carbocycles. The van der Waals surface area contributed by atoms with Gasteiger partial charge in [0.1, 0.15) is 17.1 Å². The van der Waals surface area contributed by atoms with Crippen molar-refractivity contribution in [3.05, 3.63) is 62.4 Å². The lowest BCUT2D eigenvalue weighted by Gasteiger charge is -2.14. The van der Waals surface area contributed by atoms with Crippen LogP contribution in [-0.2, 0) is 16.1 Å². The van der Waals surface area contributed by atoms with Crippen molar-refractivity contribution in [2.45, 2.75) is 25.5 Å². The monoisotopic (exact) mass is 403 g/mol. The van der Waals surface area contributed by atoms with Crippen molar-refractivity contribution in [1.29, 1.82) is 0 Å². The molecule has 1 amide bonds. The number of amides is 1. The molecule has 28 heavy (non-hydrogen) atoms. The molecule has 1 aromatic carbocycles. The van der Waals surface area contributed by atoms with Crippen LogP contribution in [0.15, 0.2) is 45.3 Å². The summed E-state index contributed by atoms with van der Waals surface area (Å²) in [6.45, 7) is 0.858. The number of thiophene rings is 1. The van der Waals surface area contributed by atoms with E-state index in [1.165, 1.54) is 40.2 Å². The third-order valence-electron chi connectivity index (χ3n) is 4.69. The van der Waals surface area contributed by atoms with Gasteiger partial charge in [-0.3, -0.25) is 14.2 Å². The zero-order valence-corrected chi connectivity index (χ0v) is 15.7. The predicted molar refractivity (Wildman–Crippen MR) is 104 cm³/mol. The minimum atomic E-state index is -0.644. The zero-order chi connectivity index (χ0) is 19.7. The second-order valence-electron chi connectivity index (χ2n) is 6.56. The number of benzene rings is 1. The zero-order valence-electron chi connectivity index (χ0n) is 14.9. The molecule has 0 spiro atoms. The van der Waals surface area contributed by atoms with Gasteiger partial charge < -0.3 is 10.1 Å². The summed E-state index contributed by atoms with van der Waals surface area (Å²) < 4.78 is 21.3. The van der Waals surface area contributed by atoms with Crippen molar-refractivity contribution in [1.82, 2.24) is 14.5 Å². The molecule has 2 aromatic heterocycles. The number of hydrogen-bond donors (Lipinski definition) is 1. The Bertz CT molecular complexity index is 1130. The third kappa shape index (κ3) is 3.50. The van der Waals surface area contributed by atoms with E-state index >= 15 is 0 Å². The largest absolute Gasteiger partial charge is 0.376 e. The number of rotatable bonds is 5. The normalized spacial score (nSPS) is 16.5. The second-order valence-corrected chi connectivity index (χ2v) is 7.48. The predicted octanol–water partition coefficient (Wildman–Crippen LogP) is 1.65. The third-order valence-corrected chi connectivity index (χ3v) is 5.58. The van der Waals surface area contributed by atoms with Crippen LogP contribution in [0.25, 0.3) is 15.9 Å². The number of ether oxygens (including phenoxy) is 1. The maximum absolute atomic E-state index is 13.2. The fourth-order valence-corrected chi connectivity index (χ4v) is 4.11. The van der Waals surface area contributed by atoms with Crippen LogP contribution >= 0.6 is 11.3 Å². The van der Waals surface area contributed by atoms with Crippen molar-refractivity contribution in [3.8, 4) is 5.69 Å². The summed E-state index contributed by atoms with van der Waals surface area (Å²) >= 11 is 1.19. The first kappa shape index (κ1) is 18.6. The Morgan fingerprint density at radius 3 is 2.75 bits per heavy atom. The minimum Gasteiger partial charge on any atom is -0.376 e. The average molecular weight is 403 g/mol. The highest BCUT2D eigenvalue weighted by Crippen LogP contribution is 2.16. The second kappa shape index (κ2) is 7.69. The van der Waals surface area contributed by atoms with Gasteiger partial charge >= 0.3 is 5.69 Å². The maximum Gasteiger partial charge on any atom is 0.336 e. The number of halogens is 1. The molecule has 0 aliphatic carbocycles. The topological polar surface area (TPSA) is 82.3 Å². The number of carbonyl (C=O) groups excluding carboxylic acids is 1. The number of aromatic nitrogens is 2. The van der Waals surface area contributed by atoms with E-state index in [2.05, 4.69) is 5.32 Å². The molecule has 1 atom stereocenters. The van der Waals surface area contributed by atoms with E-state index in [1.807, 2.05) is 0 Å². The van der Waals surface area contributed by atoms with E-state index in [4.69, 9.17) is 4.74 Å². The quantitative estimate of drug-likeness (QED) is 0.702. The Labute approximate surface area is 163 Å². The molecule has 1 N–H and O–H groups in total. The van der Waals surface area contributed by atoms with Crippen molar-refractivity contribution >= 4 is 27.5 Å². The SMILES string of the molecule is O=C(Cn1c(=O)n(-c2ccc(F)cc2)c(=O)c2sccc21)NC[C@@H]1CCCO1. The van der Waals surface area contributed by atoms with E-state index in [1.54, 1.807) is 11.4 Å². The number of nitrogens with zero attached hydrogens (tertiary/aromatic N) is 2. The first-order valence-corrected chi connectivity index (χ1v) is 9.80. The van der Waals surface area contributed by atoms with E-state index in [9.17, 15) is 18.8 Å². The molecule has 9 heteroatoms. The van der Waals surface area contributed by atoms with E-state index in [0.29, 0.717) is 23.4 Å². The molecule has 3 aromatic rings. The van der Waals surface area contributed by atoms with Gasteiger partial charge in [0.05, 0.1) is 17.3 Å². The van der Waals surface area contributed by atoms with Crippen LogP contribution in [0.3, 0.4) is 0 Å². The minimum absolute atomic E-state index is 0.00462. The molecular formula is C19H18FN3O4S. The van der Waals surface area contributed by atoms with Gasteiger partial charge in [0, 0.05) is 13.2 Å². The first-order valence-electron chi connectivity index (χ1n) is 8.92. The molecule has 1 aliphatic heterocycles. The van der Waals surface area contributed by atoms with Crippen LogP contribution in [0, 0.1) is 5.82 Å². The van der Waals surface area contributed by atoms with Crippen molar-refractivity contribution in [2.24, 2.45) is 0 Å². The Balaban J connectivity index is 1.70. The lowest BCUT2D eigenvalue weighted by atomic mass is 10.2. The summed E-state index contributed by atoms with van der Waals surface area (Å²) in [5.74, 6) is -0.808. The Hall–Kier alpha value is -2.78. The van der Waals surface area contributed by atoms with Crippen molar-refractivity contribution in [3.63, 3.8) is 0 Å². The number of nitrogens with one attached hydrogen (secondary N) is 1. The van der Waals surface area contributed by atoms with Crippen LogP contribution < -0.4 is 16.6 Å². The van der Waals surface area contributed by atoms with E-state index in [0.717, 1.165) is 17.4 Å². The summed E-state index contributed by atoms with van der Waals surface area (Å²) in [6.07, 6.45) is 1.86. The van der Waals surface area contributed by atoms with Crippen LogP contribution in [0.2, 0.25) is 0 Å². The molecule has 0 unspecified atom stereocenters. The van der Waals surface area contributed by atoms with Crippen LogP contribution in [0.1, 0.15) is 12.8 Å². The Kier molecular flexibility index (Phi) is 5.10. The first-order chi connectivity index (χ1) is 13.5. The molecule has 0 bridgehead atoms. The van der Waals surface area contributed by atoms with Gasteiger partial charge in [0.25, 0.3) is 5.56 Å². The summed E-state index contributed by atoms with van der Waals surface area (Å²) in [6, 6.07) is 6.72. The lowest BCUT2D eigenvalue weighted by molar-refractivity contribution is -0.122. The molecule has 4 rings (SSSR count). The summed E-state index contributed by atoms with van der Waals surface area (Å²) in [4.78, 5) is 38.2. The smallest absolute Gasteiger partial charge is 0.336 e. The lowest BCUT2D eigenvalue weighted by Crippen LogP contribution is -2.42. The van der Waals surface area contributed by atoms with E-state index < -0.39 is 17.1 Å². The van der Waals surface area contributed by atoms with Gasteiger partial charge in [-0.05, 0) is 48.6 Å². The van der Waals surface area contributed by atoms with E-state index in [-0.39, 0.29) is 24.2 Å². The number of carbonyl (C=O) groups is 1. The average Bonchev–Trinajstić information content (AvgIpc) is 3.37. The van der Waals surface area contributed by atoms with Gasteiger partial charge in [0.15, 0.2) is 0 Å². The fourth-order valence-electron chi connectivity index (χ4n) is 3.29. The van der Waals surface area contributed by atoms with Gasteiger partial charge in [-0.1, -0.05) is 0 Å². The van der Waals surface area contributed by atoms with Crippen LogP contribution in [0.4, 0.5) is 4.39 Å². The highest BCUT2D eigenvalue weighted by atomic mass is 32.1. The highest BCUT2D eigenvalue weighted by molar-refractivity contribution is 7.17. The molecule has 1 saturated heterocycles. The molecule has 7 nitrogen and oxygen atoms in total. The standard InChI is InChI=1S/C19H18FN3O4S/c20-12-3-5-13(6-4-12)23-18(25)17-15(7-9-28-17)22(19(23)26)11-16(24)21-10-14-2-1-8-27-14/h3-7,9,14H,1-2,8,10-11H2,(H,21,24)/t14-/m0/s1.